The lowest BCUT2D eigenvalue weighted by Gasteiger charge is -2.31. The Morgan fingerprint density at radius 1 is 1.06 bits per heavy atom. The zero-order chi connectivity index (χ0) is 22.2. The highest BCUT2D eigenvalue weighted by Crippen LogP contribution is 2.44. The normalized spacial score (nSPS) is 19.2. The molecular weight excluding hydrogens is 416 g/mol. The van der Waals surface area contributed by atoms with E-state index in [9.17, 15) is 18.5 Å². The predicted octanol–water partition coefficient (Wildman–Crippen LogP) is 3.40. The van der Waals surface area contributed by atoms with E-state index in [1.807, 2.05) is 38.2 Å². The van der Waals surface area contributed by atoms with E-state index in [1.165, 1.54) is 22.5 Å². The van der Waals surface area contributed by atoms with E-state index in [4.69, 9.17) is 0 Å². The lowest BCUT2D eigenvalue weighted by atomic mass is 10.0. The van der Waals surface area contributed by atoms with Gasteiger partial charge >= 0.3 is 0 Å². The van der Waals surface area contributed by atoms with Gasteiger partial charge in [-0.1, -0.05) is 29.8 Å². The van der Waals surface area contributed by atoms with Crippen molar-refractivity contribution in [1.29, 1.82) is 0 Å². The van der Waals surface area contributed by atoms with Gasteiger partial charge in [0.2, 0.25) is 10.0 Å². The van der Waals surface area contributed by atoms with E-state index in [0.29, 0.717) is 37.8 Å². The van der Waals surface area contributed by atoms with Crippen LogP contribution < -0.4 is 5.32 Å². The number of hydrogen-bond acceptors (Lipinski definition) is 6. The second kappa shape index (κ2) is 8.57. The van der Waals surface area contributed by atoms with Gasteiger partial charge in [0.1, 0.15) is 5.69 Å². The lowest BCUT2D eigenvalue weighted by molar-refractivity contribution is -0.384. The zero-order valence-electron chi connectivity index (χ0n) is 17.8. The number of anilines is 1. The van der Waals surface area contributed by atoms with Gasteiger partial charge in [0, 0.05) is 32.2 Å². The highest BCUT2D eigenvalue weighted by atomic mass is 32.2. The summed E-state index contributed by atoms with van der Waals surface area (Å²) in [6.45, 7) is 4.06. The Balaban J connectivity index is 1.63. The Morgan fingerprint density at radius 3 is 2.29 bits per heavy atom. The standard InChI is InChI=1S/C22H28N4O4S/c1-16-3-5-17(6-4-16)22(18-7-8-18)23-20-10-9-19(15-21(20)26(27)28)31(29,30)25-13-11-24(2)12-14-25/h3-6,9-10,15,18,22-23H,7-8,11-14H2,1-2H3. The molecule has 1 saturated heterocycles. The minimum Gasteiger partial charge on any atom is -0.372 e. The van der Waals surface area contributed by atoms with Crippen LogP contribution in [0.2, 0.25) is 0 Å². The molecule has 0 spiro atoms. The molecule has 0 amide bonds. The van der Waals surface area contributed by atoms with Gasteiger partial charge in [0.15, 0.2) is 0 Å². The Bertz CT molecular complexity index is 1060. The van der Waals surface area contributed by atoms with E-state index in [-0.39, 0.29) is 16.6 Å². The van der Waals surface area contributed by atoms with Crippen LogP contribution in [-0.4, -0.2) is 55.8 Å². The molecule has 2 fully saturated rings. The van der Waals surface area contributed by atoms with Gasteiger partial charge in [-0.3, -0.25) is 10.1 Å². The topological polar surface area (TPSA) is 95.8 Å². The number of hydrogen-bond donors (Lipinski definition) is 1. The van der Waals surface area contributed by atoms with Gasteiger partial charge in [-0.05, 0) is 50.4 Å². The summed E-state index contributed by atoms with van der Waals surface area (Å²) in [4.78, 5) is 13.3. The Hall–Kier alpha value is -2.49. The van der Waals surface area contributed by atoms with Crippen LogP contribution in [0.4, 0.5) is 11.4 Å². The van der Waals surface area contributed by atoms with Gasteiger partial charge in [-0.25, -0.2) is 8.42 Å². The first-order chi connectivity index (χ1) is 14.8. The Kier molecular flexibility index (Phi) is 6.00. The molecule has 9 heteroatoms. The number of likely N-dealkylation sites (N-methyl/N-ethyl adjacent to an activating group) is 1. The van der Waals surface area contributed by atoms with E-state index < -0.39 is 14.9 Å². The van der Waals surface area contributed by atoms with Crippen LogP contribution in [0.15, 0.2) is 47.4 Å². The van der Waals surface area contributed by atoms with Crippen molar-refractivity contribution < 1.29 is 13.3 Å². The second-order valence-corrected chi connectivity index (χ2v) is 10.5. The van der Waals surface area contributed by atoms with E-state index >= 15 is 0 Å². The van der Waals surface area contributed by atoms with Crippen molar-refractivity contribution in [3.05, 3.63) is 63.7 Å². The van der Waals surface area contributed by atoms with Crippen LogP contribution in [0, 0.1) is 23.0 Å². The third-order valence-electron chi connectivity index (χ3n) is 6.11. The molecule has 31 heavy (non-hydrogen) atoms. The smallest absolute Gasteiger partial charge is 0.293 e. The Labute approximate surface area is 183 Å². The van der Waals surface area contributed by atoms with Crippen molar-refractivity contribution in [1.82, 2.24) is 9.21 Å². The summed E-state index contributed by atoms with van der Waals surface area (Å²) >= 11 is 0. The van der Waals surface area contributed by atoms with Crippen molar-refractivity contribution in [3.8, 4) is 0 Å². The number of piperazine rings is 1. The molecule has 4 rings (SSSR count). The molecule has 2 aromatic carbocycles. The summed E-state index contributed by atoms with van der Waals surface area (Å²) in [6, 6.07) is 12.3. The highest BCUT2D eigenvalue weighted by Gasteiger charge is 2.34. The summed E-state index contributed by atoms with van der Waals surface area (Å²) < 4.78 is 27.5. The fraction of sp³-hybridized carbons (Fsp3) is 0.455. The summed E-state index contributed by atoms with van der Waals surface area (Å²) in [5, 5.41) is 15.2. The molecule has 1 unspecified atom stereocenters. The summed E-state index contributed by atoms with van der Waals surface area (Å²) in [5.41, 5.74) is 2.37. The van der Waals surface area contributed by atoms with Gasteiger partial charge in [0.05, 0.1) is 15.9 Å². The summed E-state index contributed by atoms with van der Waals surface area (Å²) in [7, 11) is -1.83. The van der Waals surface area contributed by atoms with Crippen LogP contribution in [0.1, 0.15) is 30.0 Å². The van der Waals surface area contributed by atoms with Crippen LogP contribution in [0.3, 0.4) is 0 Å². The fourth-order valence-electron chi connectivity index (χ4n) is 3.97. The van der Waals surface area contributed by atoms with Crippen LogP contribution >= 0.6 is 0 Å². The van der Waals surface area contributed by atoms with E-state index in [0.717, 1.165) is 24.0 Å². The molecule has 1 aliphatic heterocycles. The maximum absolute atomic E-state index is 13.0. The minimum absolute atomic E-state index is 0.0346. The molecule has 2 aliphatic rings. The number of nitrogens with zero attached hydrogens (tertiary/aromatic N) is 3. The summed E-state index contributed by atoms with van der Waals surface area (Å²) in [5.74, 6) is 0.413. The van der Waals surface area contributed by atoms with E-state index in [2.05, 4.69) is 10.2 Å². The molecule has 1 N–H and O–H groups in total. The SMILES string of the molecule is Cc1ccc(C(Nc2ccc(S(=O)(=O)N3CCN(C)CC3)cc2[N+](=O)[O-])C2CC2)cc1. The van der Waals surface area contributed by atoms with Crippen molar-refractivity contribution >= 4 is 21.4 Å². The number of nitro benzene ring substituents is 1. The van der Waals surface area contributed by atoms with Crippen molar-refractivity contribution in [2.45, 2.75) is 30.7 Å². The molecule has 0 aromatic heterocycles. The third-order valence-corrected chi connectivity index (χ3v) is 8.00. The molecule has 2 aromatic rings. The minimum atomic E-state index is -3.77. The van der Waals surface area contributed by atoms with Crippen molar-refractivity contribution in [2.24, 2.45) is 5.92 Å². The molecule has 0 bridgehead atoms. The molecule has 0 radical (unpaired) electrons. The van der Waals surface area contributed by atoms with E-state index in [1.54, 1.807) is 0 Å². The molecule has 166 valence electrons. The maximum Gasteiger partial charge on any atom is 0.293 e. The maximum atomic E-state index is 13.0. The Morgan fingerprint density at radius 2 is 1.71 bits per heavy atom. The molecule has 8 nitrogen and oxygen atoms in total. The highest BCUT2D eigenvalue weighted by molar-refractivity contribution is 7.89. The average molecular weight is 445 g/mol. The lowest BCUT2D eigenvalue weighted by Crippen LogP contribution is -2.47. The first-order valence-corrected chi connectivity index (χ1v) is 12.0. The number of aryl methyl sites for hydroxylation is 1. The van der Waals surface area contributed by atoms with Crippen molar-refractivity contribution in [2.75, 3.05) is 38.5 Å². The number of sulfonamides is 1. The quantitative estimate of drug-likeness (QED) is 0.519. The van der Waals surface area contributed by atoms with Crippen LogP contribution in [0.25, 0.3) is 0 Å². The number of nitrogens with one attached hydrogen (secondary N) is 1. The number of nitro groups is 1. The largest absolute Gasteiger partial charge is 0.372 e. The molecule has 1 aliphatic carbocycles. The second-order valence-electron chi connectivity index (χ2n) is 8.51. The van der Waals surface area contributed by atoms with Gasteiger partial charge in [0.25, 0.3) is 5.69 Å². The summed E-state index contributed by atoms with van der Waals surface area (Å²) in [6.07, 6.45) is 2.13. The number of benzene rings is 2. The zero-order valence-corrected chi connectivity index (χ0v) is 18.6. The molecule has 1 atom stereocenters. The van der Waals surface area contributed by atoms with Gasteiger partial charge in [-0.15, -0.1) is 0 Å². The van der Waals surface area contributed by atoms with Crippen molar-refractivity contribution in [3.63, 3.8) is 0 Å². The fourth-order valence-corrected chi connectivity index (χ4v) is 5.41. The average Bonchev–Trinajstić information content (AvgIpc) is 3.58. The number of rotatable bonds is 7. The van der Waals surface area contributed by atoms with Gasteiger partial charge < -0.3 is 10.2 Å². The van der Waals surface area contributed by atoms with Crippen LogP contribution in [-0.2, 0) is 10.0 Å². The molecule has 1 heterocycles. The third kappa shape index (κ3) is 4.73. The van der Waals surface area contributed by atoms with Gasteiger partial charge in [-0.2, -0.15) is 4.31 Å². The van der Waals surface area contributed by atoms with Crippen LogP contribution in [0.5, 0.6) is 0 Å². The first-order valence-electron chi connectivity index (χ1n) is 10.6. The molecule has 1 saturated carbocycles. The molecular formula is C22H28N4O4S. The predicted molar refractivity (Wildman–Crippen MR) is 120 cm³/mol. The first kappa shape index (κ1) is 21.7. The monoisotopic (exact) mass is 444 g/mol.